The average molecular weight is 250 g/mol. The Kier molecular flexibility index (Phi) is 3.14. The monoisotopic (exact) mass is 250 g/mol. The number of hydrogen-bond donors (Lipinski definition) is 1. The minimum absolute atomic E-state index is 0.0435. The summed E-state index contributed by atoms with van der Waals surface area (Å²) in [6.45, 7) is 0.958. The third-order valence-electron chi connectivity index (χ3n) is 5.16. The van der Waals surface area contributed by atoms with E-state index in [-0.39, 0.29) is 17.9 Å². The van der Waals surface area contributed by atoms with Gasteiger partial charge in [0, 0.05) is 13.5 Å². The van der Waals surface area contributed by atoms with Crippen LogP contribution >= 0.6 is 0 Å². The fraction of sp³-hybridized carbons (Fsp3) is 0.857. The summed E-state index contributed by atoms with van der Waals surface area (Å²) in [5.41, 5.74) is 0. The molecule has 4 nitrogen and oxygen atoms in total. The van der Waals surface area contributed by atoms with E-state index in [1.54, 1.807) is 7.05 Å². The molecule has 3 rings (SSSR count). The van der Waals surface area contributed by atoms with Gasteiger partial charge >= 0.3 is 0 Å². The van der Waals surface area contributed by atoms with Crippen molar-refractivity contribution in [3.8, 4) is 0 Å². The van der Waals surface area contributed by atoms with Gasteiger partial charge in [-0.15, -0.1) is 0 Å². The molecule has 4 unspecified atom stereocenters. The number of imide groups is 1. The lowest BCUT2D eigenvalue weighted by atomic mass is 9.88. The van der Waals surface area contributed by atoms with Crippen LogP contribution in [0.25, 0.3) is 0 Å². The molecule has 18 heavy (non-hydrogen) atoms. The molecule has 0 aromatic rings. The highest BCUT2D eigenvalue weighted by molar-refractivity contribution is 6.00. The minimum atomic E-state index is -0.133. The minimum Gasteiger partial charge on any atom is -0.306 e. The number of amides is 2. The van der Waals surface area contributed by atoms with Crippen LogP contribution in [0.4, 0.5) is 0 Å². The highest BCUT2D eigenvalue weighted by atomic mass is 16.2. The summed E-state index contributed by atoms with van der Waals surface area (Å²) in [5, 5.41) is 3.41. The molecule has 0 aromatic carbocycles. The maximum Gasteiger partial charge on any atom is 0.246 e. The van der Waals surface area contributed by atoms with Crippen LogP contribution in [-0.4, -0.2) is 36.3 Å². The molecule has 3 aliphatic rings. The molecule has 2 saturated carbocycles. The number of nitrogens with one attached hydrogen (secondary N) is 1. The second-order valence-corrected chi connectivity index (χ2v) is 6.23. The number of carbonyl (C=O) groups is 2. The number of likely N-dealkylation sites (tertiary alicyclic amines) is 1. The van der Waals surface area contributed by atoms with Gasteiger partial charge in [0.2, 0.25) is 11.8 Å². The SMILES string of the molecule is CN1C(=O)CCC(NCC2CC3CCC2C3)C1=O. The molecule has 4 heteroatoms. The van der Waals surface area contributed by atoms with Crippen LogP contribution in [0.15, 0.2) is 0 Å². The van der Waals surface area contributed by atoms with Crippen molar-refractivity contribution < 1.29 is 9.59 Å². The molecule has 100 valence electrons. The van der Waals surface area contributed by atoms with Crippen molar-refractivity contribution in [3.63, 3.8) is 0 Å². The Morgan fingerprint density at radius 2 is 2.06 bits per heavy atom. The second kappa shape index (κ2) is 4.65. The molecule has 4 atom stereocenters. The van der Waals surface area contributed by atoms with Gasteiger partial charge in [0.25, 0.3) is 0 Å². The first-order chi connectivity index (χ1) is 8.65. The summed E-state index contributed by atoms with van der Waals surface area (Å²) in [7, 11) is 1.59. The van der Waals surface area contributed by atoms with Crippen LogP contribution < -0.4 is 5.32 Å². The largest absolute Gasteiger partial charge is 0.306 e. The Morgan fingerprint density at radius 3 is 2.72 bits per heavy atom. The number of nitrogens with zero attached hydrogens (tertiary/aromatic N) is 1. The van der Waals surface area contributed by atoms with Crippen molar-refractivity contribution in [1.82, 2.24) is 10.2 Å². The molecule has 3 fully saturated rings. The Hall–Kier alpha value is -0.900. The fourth-order valence-electron chi connectivity index (χ4n) is 4.03. The smallest absolute Gasteiger partial charge is 0.246 e. The lowest BCUT2D eigenvalue weighted by Crippen LogP contribution is -2.52. The van der Waals surface area contributed by atoms with Gasteiger partial charge in [0.15, 0.2) is 0 Å². The van der Waals surface area contributed by atoms with Crippen LogP contribution in [0.1, 0.15) is 38.5 Å². The summed E-state index contributed by atoms with van der Waals surface area (Å²) in [6.07, 6.45) is 6.71. The summed E-state index contributed by atoms with van der Waals surface area (Å²) in [6, 6.07) is -0.133. The van der Waals surface area contributed by atoms with Crippen LogP contribution in [-0.2, 0) is 9.59 Å². The lowest BCUT2D eigenvalue weighted by Gasteiger charge is -2.30. The molecule has 0 radical (unpaired) electrons. The van der Waals surface area contributed by atoms with Crippen LogP contribution in [0.5, 0.6) is 0 Å². The van der Waals surface area contributed by atoms with Gasteiger partial charge in [-0.2, -0.15) is 0 Å². The Bertz CT molecular complexity index is 369. The number of piperidine rings is 1. The van der Waals surface area contributed by atoms with Gasteiger partial charge < -0.3 is 5.32 Å². The topological polar surface area (TPSA) is 49.4 Å². The standard InChI is InChI=1S/C14H22N2O2/c1-16-13(17)5-4-12(14(16)18)15-8-11-7-9-2-3-10(11)6-9/h9-12,15H,2-8H2,1H3. The van der Waals surface area contributed by atoms with E-state index in [0.29, 0.717) is 12.8 Å². The zero-order valence-electron chi connectivity index (χ0n) is 11.0. The highest BCUT2D eigenvalue weighted by Crippen LogP contribution is 2.47. The van der Waals surface area contributed by atoms with Crippen LogP contribution in [0.2, 0.25) is 0 Å². The van der Waals surface area contributed by atoms with Crippen molar-refractivity contribution in [1.29, 1.82) is 0 Å². The van der Waals surface area contributed by atoms with Gasteiger partial charge in [-0.05, 0) is 50.0 Å². The van der Waals surface area contributed by atoms with Crippen molar-refractivity contribution in [2.24, 2.45) is 17.8 Å². The quantitative estimate of drug-likeness (QED) is 0.765. The summed E-state index contributed by atoms with van der Waals surface area (Å²) in [4.78, 5) is 24.6. The van der Waals surface area contributed by atoms with Gasteiger partial charge in [0.1, 0.15) is 0 Å². The van der Waals surface area contributed by atoms with E-state index in [0.717, 1.165) is 24.3 Å². The maximum absolute atomic E-state index is 11.9. The molecule has 1 heterocycles. The molecule has 1 saturated heterocycles. The summed E-state index contributed by atoms with van der Waals surface area (Å²) >= 11 is 0. The van der Waals surface area contributed by atoms with Crippen molar-refractivity contribution in [2.45, 2.75) is 44.6 Å². The molecular formula is C14H22N2O2. The number of fused-ring (bicyclic) bond motifs is 2. The first kappa shape index (κ1) is 12.2. The molecule has 2 amide bonds. The zero-order valence-corrected chi connectivity index (χ0v) is 11.0. The zero-order chi connectivity index (χ0) is 12.7. The Balaban J connectivity index is 1.51. The first-order valence-corrected chi connectivity index (χ1v) is 7.19. The van der Waals surface area contributed by atoms with Crippen molar-refractivity contribution in [3.05, 3.63) is 0 Å². The van der Waals surface area contributed by atoms with Crippen molar-refractivity contribution in [2.75, 3.05) is 13.6 Å². The van der Waals surface area contributed by atoms with Gasteiger partial charge in [-0.1, -0.05) is 6.42 Å². The lowest BCUT2D eigenvalue weighted by molar-refractivity contribution is -0.148. The van der Waals surface area contributed by atoms with E-state index < -0.39 is 0 Å². The van der Waals surface area contributed by atoms with E-state index >= 15 is 0 Å². The van der Waals surface area contributed by atoms with Crippen LogP contribution in [0, 0.1) is 17.8 Å². The van der Waals surface area contributed by atoms with E-state index in [1.165, 1.54) is 30.6 Å². The summed E-state index contributed by atoms with van der Waals surface area (Å²) < 4.78 is 0. The van der Waals surface area contributed by atoms with Gasteiger partial charge in [-0.3, -0.25) is 14.5 Å². The van der Waals surface area contributed by atoms with Crippen molar-refractivity contribution >= 4 is 11.8 Å². The van der Waals surface area contributed by atoms with Gasteiger partial charge in [-0.25, -0.2) is 0 Å². The predicted molar refractivity (Wildman–Crippen MR) is 67.7 cm³/mol. The fourth-order valence-corrected chi connectivity index (χ4v) is 4.03. The summed E-state index contributed by atoms with van der Waals surface area (Å²) in [5.74, 6) is 2.51. The van der Waals surface area contributed by atoms with Gasteiger partial charge in [0.05, 0.1) is 6.04 Å². The van der Waals surface area contributed by atoms with E-state index in [2.05, 4.69) is 5.32 Å². The third kappa shape index (κ3) is 2.07. The average Bonchev–Trinajstić information content (AvgIpc) is 2.97. The normalized spacial score (nSPS) is 39.7. The van der Waals surface area contributed by atoms with E-state index in [9.17, 15) is 9.59 Å². The maximum atomic E-state index is 11.9. The molecule has 2 bridgehead atoms. The Labute approximate surface area is 108 Å². The highest BCUT2D eigenvalue weighted by Gasteiger charge is 2.40. The Morgan fingerprint density at radius 1 is 1.22 bits per heavy atom. The van der Waals surface area contributed by atoms with E-state index in [1.807, 2.05) is 0 Å². The van der Waals surface area contributed by atoms with E-state index in [4.69, 9.17) is 0 Å². The molecule has 1 N–H and O–H groups in total. The first-order valence-electron chi connectivity index (χ1n) is 7.19. The molecular weight excluding hydrogens is 228 g/mol. The molecule has 1 aliphatic heterocycles. The van der Waals surface area contributed by atoms with Crippen LogP contribution in [0.3, 0.4) is 0 Å². The predicted octanol–water partition coefficient (Wildman–Crippen LogP) is 1.16. The third-order valence-corrected chi connectivity index (χ3v) is 5.16. The molecule has 0 aromatic heterocycles. The number of rotatable bonds is 3. The number of likely N-dealkylation sites (N-methyl/N-ethyl adjacent to an activating group) is 1. The molecule has 0 spiro atoms. The molecule has 2 aliphatic carbocycles. The number of carbonyl (C=O) groups excluding carboxylic acids is 2. The second-order valence-electron chi connectivity index (χ2n) is 6.23. The number of hydrogen-bond acceptors (Lipinski definition) is 3.